The van der Waals surface area contributed by atoms with Gasteiger partial charge in [-0.25, -0.2) is 0 Å². The Morgan fingerprint density at radius 3 is 2.43 bits per heavy atom. The zero-order valence-corrected chi connectivity index (χ0v) is 12.1. The van der Waals surface area contributed by atoms with Crippen LogP contribution >= 0.6 is 0 Å². The molecular weight excluding hydrogens is 266 g/mol. The van der Waals surface area contributed by atoms with Crippen LogP contribution in [-0.2, 0) is 16.1 Å². The molecule has 0 aliphatic heterocycles. The molecule has 0 saturated heterocycles. The van der Waals surface area contributed by atoms with Crippen molar-refractivity contribution in [2.75, 3.05) is 6.54 Å². The van der Waals surface area contributed by atoms with E-state index in [1.165, 1.54) is 0 Å². The average molecular weight is 287 g/mol. The number of carbonyl (C=O) groups excluding carboxylic acids is 1. The molecule has 1 aromatic carbocycles. The minimum Gasteiger partial charge on any atom is -0.481 e. The molecular formula is C17H21NO3. The van der Waals surface area contributed by atoms with Crippen LogP contribution in [0.5, 0.6) is 0 Å². The topological polar surface area (TPSA) is 57.6 Å². The van der Waals surface area contributed by atoms with Crippen LogP contribution in [0.1, 0.15) is 31.2 Å². The third-order valence-corrected chi connectivity index (χ3v) is 4.17. The molecule has 2 rings (SSSR count). The molecule has 1 fully saturated rings. The summed E-state index contributed by atoms with van der Waals surface area (Å²) in [6.45, 7) is 4.60. The van der Waals surface area contributed by atoms with Crippen LogP contribution in [-0.4, -0.2) is 28.4 Å². The molecule has 0 spiro atoms. The Morgan fingerprint density at radius 1 is 1.29 bits per heavy atom. The highest BCUT2D eigenvalue weighted by atomic mass is 16.4. The smallest absolute Gasteiger partial charge is 0.310 e. The van der Waals surface area contributed by atoms with E-state index in [0.717, 1.165) is 12.0 Å². The number of carbonyl (C=O) groups is 2. The maximum absolute atomic E-state index is 12.5. The van der Waals surface area contributed by atoms with E-state index in [1.54, 1.807) is 11.0 Å². The van der Waals surface area contributed by atoms with E-state index in [1.807, 2.05) is 30.3 Å². The highest BCUT2D eigenvalue weighted by Gasteiger charge is 2.46. The van der Waals surface area contributed by atoms with E-state index < -0.39 is 11.4 Å². The minimum atomic E-state index is -0.847. The number of rotatable bonds is 7. The van der Waals surface area contributed by atoms with E-state index in [-0.39, 0.29) is 12.3 Å². The summed E-state index contributed by atoms with van der Waals surface area (Å²) in [5.74, 6) is -0.957. The molecule has 0 bridgehead atoms. The summed E-state index contributed by atoms with van der Waals surface area (Å²) < 4.78 is 0. The van der Waals surface area contributed by atoms with Crippen LogP contribution in [0.4, 0.5) is 0 Å². The van der Waals surface area contributed by atoms with Gasteiger partial charge in [-0.3, -0.25) is 9.59 Å². The standard InChI is InChI=1S/C17H21NO3/c1-2-11-18(13-14-7-4-3-5-8-14)15(19)12-17(16(20)21)9-6-10-17/h2-5,7-8H,1,6,9-13H2,(H,20,21). The maximum atomic E-state index is 12.5. The van der Waals surface area contributed by atoms with Gasteiger partial charge in [-0.05, 0) is 18.4 Å². The predicted octanol–water partition coefficient (Wildman–Crippen LogP) is 2.85. The third-order valence-electron chi connectivity index (χ3n) is 4.17. The molecule has 1 amide bonds. The van der Waals surface area contributed by atoms with Crippen LogP contribution in [0.15, 0.2) is 43.0 Å². The Bertz CT molecular complexity index is 520. The van der Waals surface area contributed by atoms with Crippen molar-refractivity contribution in [3.63, 3.8) is 0 Å². The second-order valence-electron chi connectivity index (χ2n) is 5.66. The van der Waals surface area contributed by atoms with Gasteiger partial charge in [0.15, 0.2) is 0 Å². The fourth-order valence-electron chi connectivity index (χ4n) is 2.69. The van der Waals surface area contributed by atoms with Crippen molar-refractivity contribution in [2.45, 2.75) is 32.2 Å². The number of amides is 1. The van der Waals surface area contributed by atoms with E-state index >= 15 is 0 Å². The summed E-state index contributed by atoms with van der Waals surface area (Å²) in [4.78, 5) is 25.5. The molecule has 112 valence electrons. The van der Waals surface area contributed by atoms with Gasteiger partial charge in [0.05, 0.1) is 5.41 Å². The highest BCUT2D eigenvalue weighted by molar-refractivity contribution is 5.85. The van der Waals surface area contributed by atoms with E-state index in [4.69, 9.17) is 0 Å². The van der Waals surface area contributed by atoms with Crippen LogP contribution in [0.25, 0.3) is 0 Å². The first-order chi connectivity index (χ1) is 10.1. The first kappa shape index (κ1) is 15.3. The van der Waals surface area contributed by atoms with Gasteiger partial charge < -0.3 is 10.0 Å². The SMILES string of the molecule is C=CCN(Cc1ccccc1)C(=O)CC1(C(=O)O)CCC1. The van der Waals surface area contributed by atoms with Gasteiger partial charge in [-0.15, -0.1) is 6.58 Å². The Hall–Kier alpha value is -2.10. The van der Waals surface area contributed by atoms with Gasteiger partial charge >= 0.3 is 5.97 Å². The maximum Gasteiger partial charge on any atom is 0.310 e. The first-order valence-corrected chi connectivity index (χ1v) is 7.23. The molecule has 0 heterocycles. The Kier molecular flexibility index (Phi) is 4.78. The van der Waals surface area contributed by atoms with Gasteiger partial charge in [-0.2, -0.15) is 0 Å². The van der Waals surface area contributed by atoms with E-state index in [0.29, 0.717) is 25.9 Å². The van der Waals surface area contributed by atoms with Crippen molar-refractivity contribution >= 4 is 11.9 Å². The minimum absolute atomic E-state index is 0.0863. The molecule has 1 aromatic rings. The molecule has 0 unspecified atom stereocenters. The lowest BCUT2D eigenvalue weighted by Crippen LogP contribution is -2.43. The zero-order valence-electron chi connectivity index (χ0n) is 12.1. The molecule has 21 heavy (non-hydrogen) atoms. The summed E-state index contributed by atoms with van der Waals surface area (Å²) in [6.07, 6.45) is 3.85. The normalized spacial score (nSPS) is 15.8. The molecule has 1 saturated carbocycles. The summed E-state index contributed by atoms with van der Waals surface area (Å²) in [7, 11) is 0. The predicted molar refractivity (Wildman–Crippen MR) is 80.6 cm³/mol. The highest BCUT2D eigenvalue weighted by Crippen LogP contribution is 2.44. The Labute approximate surface area is 125 Å². The largest absolute Gasteiger partial charge is 0.481 e. The monoisotopic (exact) mass is 287 g/mol. The second-order valence-corrected chi connectivity index (χ2v) is 5.66. The number of carboxylic acid groups (broad SMARTS) is 1. The summed E-state index contributed by atoms with van der Waals surface area (Å²) >= 11 is 0. The van der Waals surface area contributed by atoms with Gasteiger partial charge in [0, 0.05) is 19.5 Å². The third kappa shape index (κ3) is 3.51. The lowest BCUT2D eigenvalue weighted by Gasteiger charge is -2.38. The van der Waals surface area contributed by atoms with Crippen molar-refractivity contribution in [3.8, 4) is 0 Å². The van der Waals surface area contributed by atoms with Crippen molar-refractivity contribution in [1.29, 1.82) is 0 Å². The molecule has 4 heteroatoms. The van der Waals surface area contributed by atoms with Gasteiger partial charge in [-0.1, -0.05) is 42.8 Å². The number of aliphatic carboxylic acids is 1. The quantitative estimate of drug-likeness (QED) is 0.784. The summed E-state index contributed by atoms with van der Waals surface area (Å²) in [5.41, 5.74) is 0.193. The van der Waals surface area contributed by atoms with Gasteiger partial charge in [0.2, 0.25) is 5.91 Å². The van der Waals surface area contributed by atoms with Crippen LogP contribution < -0.4 is 0 Å². The molecule has 0 radical (unpaired) electrons. The van der Waals surface area contributed by atoms with E-state index in [9.17, 15) is 14.7 Å². The van der Waals surface area contributed by atoms with Gasteiger partial charge in [0.1, 0.15) is 0 Å². The number of hydrogen-bond donors (Lipinski definition) is 1. The second kappa shape index (κ2) is 6.57. The fraction of sp³-hybridized carbons (Fsp3) is 0.412. The van der Waals surface area contributed by atoms with Crippen LogP contribution in [0, 0.1) is 5.41 Å². The van der Waals surface area contributed by atoms with E-state index in [2.05, 4.69) is 6.58 Å². The molecule has 0 aromatic heterocycles. The Balaban J connectivity index is 2.05. The summed E-state index contributed by atoms with van der Waals surface area (Å²) in [5, 5.41) is 9.34. The lowest BCUT2D eigenvalue weighted by molar-refractivity contribution is -0.159. The summed E-state index contributed by atoms with van der Waals surface area (Å²) in [6, 6.07) is 9.70. The number of carboxylic acids is 1. The Morgan fingerprint density at radius 2 is 1.95 bits per heavy atom. The number of hydrogen-bond acceptors (Lipinski definition) is 2. The van der Waals surface area contributed by atoms with Crippen molar-refractivity contribution in [3.05, 3.63) is 48.6 Å². The molecule has 0 atom stereocenters. The molecule has 4 nitrogen and oxygen atoms in total. The van der Waals surface area contributed by atoms with Crippen LogP contribution in [0.2, 0.25) is 0 Å². The zero-order chi connectivity index (χ0) is 15.3. The average Bonchev–Trinajstić information content (AvgIpc) is 2.43. The molecule has 1 aliphatic rings. The molecule has 1 N–H and O–H groups in total. The van der Waals surface area contributed by atoms with Gasteiger partial charge in [0.25, 0.3) is 0 Å². The van der Waals surface area contributed by atoms with Crippen molar-refractivity contribution < 1.29 is 14.7 Å². The van der Waals surface area contributed by atoms with Crippen molar-refractivity contribution in [2.24, 2.45) is 5.41 Å². The van der Waals surface area contributed by atoms with Crippen LogP contribution in [0.3, 0.4) is 0 Å². The molecule has 1 aliphatic carbocycles. The lowest BCUT2D eigenvalue weighted by atomic mass is 9.66. The van der Waals surface area contributed by atoms with Crippen molar-refractivity contribution in [1.82, 2.24) is 4.90 Å². The number of benzene rings is 1. The number of nitrogens with zero attached hydrogens (tertiary/aromatic N) is 1. The fourth-order valence-corrected chi connectivity index (χ4v) is 2.69. The first-order valence-electron chi connectivity index (χ1n) is 7.23.